The van der Waals surface area contributed by atoms with Gasteiger partial charge in [0.05, 0.1) is 36.2 Å². The van der Waals surface area contributed by atoms with Crippen LogP contribution in [-0.2, 0) is 29.1 Å². The third kappa shape index (κ3) is 6.56. The van der Waals surface area contributed by atoms with Crippen LogP contribution in [0.5, 0.6) is 0 Å². The van der Waals surface area contributed by atoms with E-state index in [4.69, 9.17) is 32.7 Å². The Labute approximate surface area is 272 Å². The first-order chi connectivity index (χ1) is 21.6. The summed E-state index contributed by atoms with van der Waals surface area (Å²) < 4.78 is 55.8. The van der Waals surface area contributed by atoms with Crippen LogP contribution in [0.15, 0.2) is 72.8 Å². The number of amides is 1. The summed E-state index contributed by atoms with van der Waals surface area (Å²) >= 11 is 12.6. The number of esters is 1. The molecule has 2 saturated carbocycles. The summed E-state index contributed by atoms with van der Waals surface area (Å²) in [6.45, 7) is 1.47. The lowest BCUT2D eigenvalue weighted by Gasteiger charge is -2.48. The number of hydrogen-bond acceptors (Lipinski definition) is 6. The zero-order valence-electron chi connectivity index (χ0n) is 24.5. The van der Waals surface area contributed by atoms with Crippen LogP contribution < -0.4 is 4.31 Å². The van der Waals surface area contributed by atoms with Crippen LogP contribution in [0, 0.1) is 11.7 Å². The van der Waals surface area contributed by atoms with Gasteiger partial charge in [-0.05, 0) is 86.1 Å². The molecule has 0 aromatic heterocycles. The number of rotatable bonds is 11. The molecule has 3 fully saturated rings. The average molecular weight is 676 g/mol. The van der Waals surface area contributed by atoms with Gasteiger partial charge in [-0.1, -0.05) is 59.6 Å². The van der Waals surface area contributed by atoms with Crippen molar-refractivity contribution in [3.63, 3.8) is 0 Å². The number of halogens is 3. The molecular weight excluding hydrogens is 642 g/mol. The van der Waals surface area contributed by atoms with Crippen molar-refractivity contribution in [2.45, 2.75) is 62.1 Å². The van der Waals surface area contributed by atoms with Gasteiger partial charge < -0.3 is 14.4 Å². The summed E-state index contributed by atoms with van der Waals surface area (Å²) in [5.74, 6) is -2.28. The molecule has 238 valence electrons. The first-order valence-electron chi connectivity index (χ1n) is 15.0. The number of benzene rings is 3. The maximum Gasteiger partial charge on any atom is 0.345 e. The van der Waals surface area contributed by atoms with Crippen LogP contribution in [0.1, 0.15) is 55.9 Å². The Bertz CT molecular complexity index is 1680. The Hall–Kier alpha value is -3.18. The highest BCUT2D eigenvalue weighted by atomic mass is 35.5. The van der Waals surface area contributed by atoms with Crippen LogP contribution in [0.25, 0.3) is 0 Å². The number of ether oxygens (including phenoxy) is 2. The summed E-state index contributed by atoms with van der Waals surface area (Å²) in [7, 11) is -3.96. The number of carbonyl (C=O) groups excluding carboxylic acids is 2. The van der Waals surface area contributed by atoms with Crippen LogP contribution in [0.2, 0.25) is 10.0 Å². The first kappa shape index (κ1) is 31.8. The minimum absolute atomic E-state index is 0.0289. The van der Waals surface area contributed by atoms with Crippen molar-refractivity contribution in [3.05, 3.63) is 99.8 Å². The molecule has 3 aromatic carbocycles. The molecule has 0 radical (unpaired) electrons. The van der Waals surface area contributed by atoms with Gasteiger partial charge in [0.15, 0.2) is 0 Å². The van der Waals surface area contributed by atoms with Gasteiger partial charge in [-0.3, -0.25) is 9.10 Å². The second kappa shape index (κ2) is 12.9. The number of carbonyl (C=O) groups is 2. The van der Waals surface area contributed by atoms with Gasteiger partial charge in [-0.25, -0.2) is 17.6 Å². The van der Waals surface area contributed by atoms with E-state index in [1.807, 2.05) is 0 Å². The molecule has 45 heavy (non-hydrogen) atoms. The second-order valence-corrected chi connectivity index (χ2v) is 14.6. The van der Waals surface area contributed by atoms with Gasteiger partial charge in [-0.15, -0.1) is 0 Å². The summed E-state index contributed by atoms with van der Waals surface area (Å²) in [6.07, 6.45) is -0.0901. The molecule has 0 unspecified atom stereocenters. The number of para-hydroxylation sites is 1. The quantitative estimate of drug-likeness (QED) is 0.171. The summed E-state index contributed by atoms with van der Waals surface area (Å²) in [6, 6.07) is 18.1. The van der Waals surface area contributed by atoms with Crippen molar-refractivity contribution in [1.82, 2.24) is 4.90 Å². The largest absolute Gasteiger partial charge is 0.464 e. The van der Waals surface area contributed by atoms with Crippen molar-refractivity contribution in [2.24, 2.45) is 5.92 Å². The molecule has 0 N–H and O–H groups in total. The van der Waals surface area contributed by atoms with Crippen molar-refractivity contribution < 1.29 is 31.9 Å². The smallest absolute Gasteiger partial charge is 0.345 e. The molecule has 1 heterocycles. The molecule has 6 rings (SSSR count). The number of morpholine rings is 1. The van der Waals surface area contributed by atoms with Gasteiger partial charge in [-0.2, -0.15) is 0 Å². The fourth-order valence-electron chi connectivity index (χ4n) is 6.04. The number of sulfonamides is 1. The van der Waals surface area contributed by atoms with E-state index in [0.717, 1.165) is 17.1 Å². The Morgan fingerprint density at radius 1 is 1.00 bits per heavy atom. The molecule has 0 bridgehead atoms. The number of nitrogens with zero attached hydrogens (tertiary/aromatic N) is 2. The highest BCUT2D eigenvalue weighted by molar-refractivity contribution is 7.93. The summed E-state index contributed by atoms with van der Waals surface area (Å²) in [4.78, 5) is 29.3. The van der Waals surface area contributed by atoms with E-state index in [0.29, 0.717) is 34.0 Å². The Morgan fingerprint density at radius 2 is 1.71 bits per heavy atom. The van der Waals surface area contributed by atoms with Gasteiger partial charge in [0.1, 0.15) is 11.9 Å². The van der Waals surface area contributed by atoms with Gasteiger partial charge in [0, 0.05) is 10.0 Å². The zero-order chi connectivity index (χ0) is 31.9. The maximum absolute atomic E-state index is 15.3. The fourth-order valence-corrected chi connectivity index (χ4v) is 8.23. The summed E-state index contributed by atoms with van der Waals surface area (Å²) in [5, 5.41) is 0.287. The Kier molecular flexibility index (Phi) is 9.12. The van der Waals surface area contributed by atoms with E-state index >= 15 is 4.39 Å². The second-order valence-electron chi connectivity index (χ2n) is 11.6. The zero-order valence-corrected chi connectivity index (χ0v) is 26.8. The topological polar surface area (TPSA) is 93.2 Å². The van der Waals surface area contributed by atoms with Crippen LogP contribution in [0.4, 0.5) is 10.1 Å². The Morgan fingerprint density at radius 3 is 2.33 bits per heavy atom. The highest BCUT2D eigenvalue weighted by Crippen LogP contribution is 2.48. The average Bonchev–Trinajstić information content (AvgIpc) is 3.92. The molecule has 8 nitrogen and oxygen atoms in total. The van der Waals surface area contributed by atoms with E-state index in [9.17, 15) is 18.0 Å². The normalized spacial score (nSPS) is 22.6. The molecule has 1 aliphatic heterocycles. The SMILES string of the molecule is CCOC(=O)[C@@H]1O[C@H](c2cccc(Cl)c2)[C@@H](c2ccc(Cl)cc2)N([C@H](CN(c2ccccc2F)S(=O)(=O)C2CC2)C2CC2)C1=O. The third-order valence-electron chi connectivity index (χ3n) is 8.49. The van der Waals surface area contributed by atoms with Crippen molar-refractivity contribution in [3.8, 4) is 0 Å². The van der Waals surface area contributed by atoms with Crippen molar-refractivity contribution in [2.75, 3.05) is 17.5 Å². The van der Waals surface area contributed by atoms with Crippen LogP contribution in [-0.4, -0.2) is 55.7 Å². The van der Waals surface area contributed by atoms with Gasteiger partial charge >= 0.3 is 5.97 Å². The third-order valence-corrected chi connectivity index (χ3v) is 11.2. The molecule has 3 aromatic rings. The predicted molar refractivity (Wildman–Crippen MR) is 169 cm³/mol. The molecule has 4 atom stereocenters. The predicted octanol–water partition coefficient (Wildman–Crippen LogP) is 6.48. The molecule has 0 spiro atoms. The first-order valence-corrected chi connectivity index (χ1v) is 17.3. The standard InChI is InChI=1S/C33H33Cl2FN2O6S/c1-2-43-33(40)31-32(39)38(29(21-12-14-23(34)15-13-21)30(44-31)22-6-5-7-24(35)18-22)28(20-10-11-20)19-37(45(41,42)25-16-17-25)27-9-4-3-8-26(27)36/h3-9,12-15,18,20,25,28-31H,2,10-11,16-17,19H2,1H3/t28-,29-,30-,31-/m1/s1. The van der Waals surface area contributed by atoms with Gasteiger partial charge in [0.25, 0.3) is 5.91 Å². The monoisotopic (exact) mass is 674 g/mol. The molecular formula is C33H33Cl2FN2O6S. The van der Waals surface area contributed by atoms with E-state index < -0.39 is 57.3 Å². The lowest BCUT2D eigenvalue weighted by molar-refractivity contribution is -0.193. The molecule has 12 heteroatoms. The fraction of sp³-hybridized carbons (Fsp3) is 0.394. The lowest BCUT2D eigenvalue weighted by atomic mass is 9.89. The van der Waals surface area contributed by atoms with Crippen LogP contribution in [0.3, 0.4) is 0 Å². The van der Waals surface area contributed by atoms with Gasteiger partial charge in [0.2, 0.25) is 16.1 Å². The maximum atomic E-state index is 15.3. The molecule has 2 aliphatic carbocycles. The van der Waals surface area contributed by atoms with E-state index in [1.165, 1.54) is 18.2 Å². The van der Waals surface area contributed by atoms with Crippen molar-refractivity contribution >= 4 is 50.8 Å². The molecule has 1 amide bonds. The van der Waals surface area contributed by atoms with E-state index in [1.54, 1.807) is 66.4 Å². The van der Waals surface area contributed by atoms with Crippen LogP contribution >= 0.6 is 23.2 Å². The minimum atomic E-state index is -3.96. The lowest BCUT2D eigenvalue weighted by Crippen LogP contribution is -2.60. The highest BCUT2D eigenvalue weighted by Gasteiger charge is 2.54. The molecule has 3 aliphatic rings. The summed E-state index contributed by atoms with van der Waals surface area (Å²) in [5.41, 5.74) is 1.20. The Balaban J connectivity index is 1.51. The van der Waals surface area contributed by atoms with Crippen molar-refractivity contribution in [1.29, 1.82) is 0 Å². The number of hydrogen-bond donors (Lipinski definition) is 0. The minimum Gasteiger partial charge on any atom is -0.464 e. The van der Waals surface area contributed by atoms with E-state index in [2.05, 4.69) is 0 Å². The van der Waals surface area contributed by atoms with E-state index in [-0.39, 0.29) is 24.8 Å². The molecule has 1 saturated heterocycles. The number of anilines is 1.